The number of nitrogens with one attached hydrogen (secondary N) is 2. The molecule has 0 heterocycles. The molecule has 0 aromatic heterocycles. The summed E-state index contributed by atoms with van der Waals surface area (Å²) in [5.41, 5.74) is 2.31. The van der Waals surface area contributed by atoms with Crippen LogP contribution in [0.5, 0.6) is 0 Å². The predicted octanol–water partition coefficient (Wildman–Crippen LogP) is 2.08. The van der Waals surface area contributed by atoms with Crippen molar-refractivity contribution in [2.45, 2.75) is 32.2 Å². The van der Waals surface area contributed by atoms with Crippen molar-refractivity contribution < 1.29 is 4.79 Å². The van der Waals surface area contributed by atoms with Crippen LogP contribution in [0.15, 0.2) is 24.3 Å². The van der Waals surface area contributed by atoms with Crippen LogP contribution in [0, 0.1) is 6.92 Å². The second-order valence-corrected chi connectivity index (χ2v) is 4.39. The molecule has 1 amide bonds. The SMILES string of the molecule is Cc1cccc(NCCC(=O)NC2CC2)c1. The van der Waals surface area contributed by atoms with Crippen LogP contribution >= 0.6 is 0 Å². The number of anilines is 1. The summed E-state index contributed by atoms with van der Waals surface area (Å²) in [6, 6.07) is 8.64. The summed E-state index contributed by atoms with van der Waals surface area (Å²) in [6.45, 7) is 2.76. The van der Waals surface area contributed by atoms with E-state index >= 15 is 0 Å². The van der Waals surface area contributed by atoms with Crippen molar-refractivity contribution in [2.24, 2.45) is 0 Å². The maximum atomic E-state index is 11.4. The number of benzene rings is 1. The van der Waals surface area contributed by atoms with Gasteiger partial charge in [-0.05, 0) is 37.5 Å². The molecule has 0 atom stereocenters. The van der Waals surface area contributed by atoms with Crippen LogP contribution in [0.4, 0.5) is 5.69 Å². The Hall–Kier alpha value is -1.51. The Balaban J connectivity index is 1.68. The molecule has 86 valence electrons. The standard InChI is InChI=1S/C13H18N2O/c1-10-3-2-4-12(9-10)14-8-7-13(16)15-11-5-6-11/h2-4,9,11,14H,5-8H2,1H3,(H,15,16). The quantitative estimate of drug-likeness (QED) is 0.794. The first-order chi connectivity index (χ1) is 7.74. The number of hydrogen-bond donors (Lipinski definition) is 2. The van der Waals surface area contributed by atoms with E-state index in [-0.39, 0.29) is 5.91 Å². The zero-order chi connectivity index (χ0) is 11.4. The van der Waals surface area contributed by atoms with Crippen LogP contribution in [0.1, 0.15) is 24.8 Å². The van der Waals surface area contributed by atoms with Gasteiger partial charge in [-0.3, -0.25) is 4.79 Å². The van der Waals surface area contributed by atoms with Crippen molar-refractivity contribution in [3.05, 3.63) is 29.8 Å². The Kier molecular flexibility index (Phi) is 3.44. The van der Waals surface area contributed by atoms with E-state index in [0.717, 1.165) is 18.5 Å². The second-order valence-electron chi connectivity index (χ2n) is 4.39. The molecule has 0 saturated heterocycles. The third kappa shape index (κ3) is 3.57. The molecule has 1 fully saturated rings. The van der Waals surface area contributed by atoms with Gasteiger partial charge in [0.25, 0.3) is 0 Å². The van der Waals surface area contributed by atoms with Gasteiger partial charge in [-0.2, -0.15) is 0 Å². The summed E-state index contributed by atoms with van der Waals surface area (Å²) in [6.07, 6.45) is 2.85. The largest absolute Gasteiger partial charge is 0.385 e. The van der Waals surface area contributed by atoms with Crippen molar-refractivity contribution in [1.29, 1.82) is 0 Å². The molecule has 3 heteroatoms. The van der Waals surface area contributed by atoms with Crippen LogP contribution < -0.4 is 10.6 Å². The number of rotatable bonds is 5. The van der Waals surface area contributed by atoms with E-state index < -0.39 is 0 Å². The van der Waals surface area contributed by atoms with Crippen LogP contribution in [0.3, 0.4) is 0 Å². The second kappa shape index (κ2) is 5.01. The van der Waals surface area contributed by atoms with Gasteiger partial charge in [-0.1, -0.05) is 12.1 Å². The number of carbonyl (C=O) groups is 1. The topological polar surface area (TPSA) is 41.1 Å². The summed E-state index contributed by atoms with van der Waals surface area (Å²) in [7, 11) is 0. The van der Waals surface area contributed by atoms with Crippen molar-refractivity contribution >= 4 is 11.6 Å². The lowest BCUT2D eigenvalue weighted by molar-refractivity contribution is -0.120. The first-order valence-corrected chi connectivity index (χ1v) is 5.84. The highest BCUT2D eigenvalue weighted by atomic mass is 16.1. The molecule has 2 rings (SSSR count). The Labute approximate surface area is 96.2 Å². The minimum atomic E-state index is 0.155. The zero-order valence-electron chi connectivity index (χ0n) is 9.62. The summed E-state index contributed by atoms with van der Waals surface area (Å²) in [4.78, 5) is 11.4. The third-order valence-corrected chi connectivity index (χ3v) is 2.64. The van der Waals surface area contributed by atoms with Gasteiger partial charge in [-0.15, -0.1) is 0 Å². The fourth-order valence-corrected chi connectivity index (χ4v) is 1.60. The minimum Gasteiger partial charge on any atom is -0.385 e. The van der Waals surface area contributed by atoms with E-state index in [1.165, 1.54) is 5.56 Å². The normalized spacial score (nSPS) is 14.6. The monoisotopic (exact) mass is 218 g/mol. The lowest BCUT2D eigenvalue weighted by Crippen LogP contribution is -2.27. The maximum absolute atomic E-state index is 11.4. The molecule has 0 spiro atoms. The first-order valence-electron chi connectivity index (χ1n) is 5.84. The van der Waals surface area contributed by atoms with Gasteiger partial charge in [0.05, 0.1) is 0 Å². The van der Waals surface area contributed by atoms with Crippen molar-refractivity contribution in [3.8, 4) is 0 Å². The van der Waals surface area contributed by atoms with E-state index in [4.69, 9.17) is 0 Å². The molecular weight excluding hydrogens is 200 g/mol. The van der Waals surface area contributed by atoms with Gasteiger partial charge in [0.15, 0.2) is 0 Å². The number of carbonyl (C=O) groups excluding carboxylic acids is 1. The Morgan fingerprint density at radius 1 is 1.44 bits per heavy atom. The van der Waals surface area contributed by atoms with Crippen LogP contribution in [-0.2, 0) is 4.79 Å². The molecule has 0 radical (unpaired) electrons. The lowest BCUT2D eigenvalue weighted by atomic mass is 10.2. The molecule has 1 aliphatic rings. The molecule has 16 heavy (non-hydrogen) atoms. The summed E-state index contributed by atoms with van der Waals surface area (Å²) in [5.74, 6) is 0.155. The molecular formula is C13H18N2O. The number of hydrogen-bond acceptors (Lipinski definition) is 2. The molecule has 0 unspecified atom stereocenters. The highest BCUT2D eigenvalue weighted by Crippen LogP contribution is 2.18. The van der Waals surface area contributed by atoms with E-state index in [1.54, 1.807) is 0 Å². The first kappa shape index (κ1) is 11.0. The lowest BCUT2D eigenvalue weighted by Gasteiger charge is -2.07. The Morgan fingerprint density at radius 3 is 2.94 bits per heavy atom. The van der Waals surface area contributed by atoms with Crippen molar-refractivity contribution in [2.75, 3.05) is 11.9 Å². The molecule has 0 aliphatic heterocycles. The summed E-state index contributed by atoms with van der Waals surface area (Å²) >= 11 is 0. The van der Waals surface area contributed by atoms with Crippen LogP contribution in [0.2, 0.25) is 0 Å². The zero-order valence-corrected chi connectivity index (χ0v) is 9.62. The van der Waals surface area contributed by atoms with E-state index in [1.807, 2.05) is 12.1 Å². The molecule has 0 bridgehead atoms. The minimum absolute atomic E-state index is 0.155. The average molecular weight is 218 g/mol. The average Bonchev–Trinajstić information content (AvgIpc) is 3.02. The molecule has 1 aromatic rings. The molecule has 1 aliphatic carbocycles. The van der Waals surface area contributed by atoms with E-state index in [9.17, 15) is 4.79 Å². The van der Waals surface area contributed by atoms with Gasteiger partial charge in [0.1, 0.15) is 0 Å². The Morgan fingerprint density at radius 2 is 2.25 bits per heavy atom. The number of aryl methyl sites for hydroxylation is 1. The van der Waals surface area contributed by atoms with Crippen LogP contribution in [0.25, 0.3) is 0 Å². The highest BCUT2D eigenvalue weighted by Gasteiger charge is 2.22. The fraction of sp³-hybridized carbons (Fsp3) is 0.462. The van der Waals surface area contributed by atoms with Crippen molar-refractivity contribution in [3.63, 3.8) is 0 Å². The number of amides is 1. The summed E-state index contributed by atoms with van der Waals surface area (Å²) < 4.78 is 0. The fourth-order valence-electron chi connectivity index (χ4n) is 1.60. The van der Waals surface area contributed by atoms with Gasteiger partial charge in [-0.25, -0.2) is 0 Å². The predicted molar refractivity (Wildman–Crippen MR) is 65.5 cm³/mol. The molecule has 2 N–H and O–H groups in total. The van der Waals surface area contributed by atoms with Gasteiger partial charge < -0.3 is 10.6 Å². The molecule has 3 nitrogen and oxygen atoms in total. The Bertz CT molecular complexity index is 372. The van der Waals surface area contributed by atoms with E-state index in [0.29, 0.717) is 19.0 Å². The van der Waals surface area contributed by atoms with Crippen LogP contribution in [-0.4, -0.2) is 18.5 Å². The van der Waals surface area contributed by atoms with Gasteiger partial charge in [0, 0.05) is 24.7 Å². The van der Waals surface area contributed by atoms with Crippen molar-refractivity contribution in [1.82, 2.24) is 5.32 Å². The van der Waals surface area contributed by atoms with Gasteiger partial charge >= 0.3 is 0 Å². The highest BCUT2D eigenvalue weighted by molar-refractivity contribution is 5.77. The molecule has 1 aromatic carbocycles. The van der Waals surface area contributed by atoms with Gasteiger partial charge in [0.2, 0.25) is 5.91 Å². The molecule has 1 saturated carbocycles. The smallest absolute Gasteiger partial charge is 0.221 e. The van der Waals surface area contributed by atoms with E-state index in [2.05, 4.69) is 29.7 Å². The summed E-state index contributed by atoms with van der Waals surface area (Å²) in [5, 5.41) is 6.22. The maximum Gasteiger partial charge on any atom is 0.221 e. The third-order valence-electron chi connectivity index (χ3n) is 2.64.